The first-order chi connectivity index (χ1) is 8.60. The fraction of sp³-hybridized carbons (Fsp3) is 0.231. The van der Waals surface area contributed by atoms with Crippen LogP contribution in [0.1, 0.15) is 16.5 Å². The molecule has 1 aromatic carbocycles. The van der Waals surface area contributed by atoms with Crippen molar-refractivity contribution in [1.82, 2.24) is 5.32 Å². The minimum Gasteiger partial charge on any atom is -0.313 e. The van der Waals surface area contributed by atoms with E-state index in [4.69, 9.17) is 23.2 Å². The summed E-state index contributed by atoms with van der Waals surface area (Å²) in [6.07, 6.45) is 0.686. The number of hydrogen-bond donors (Lipinski definition) is 1. The Bertz CT molecular complexity index is 542. The van der Waals surface area contributed by atoms with Crippen molar-refractivity contribution in [2.45, 2.75) is 12.5 Å². The Morgan fingerprint density at radius 3 is 2.67 bits per heavy atom. The first-order valence-electron chi connectivity index (χ1n) is 5.46. The highest BCUT2D eigenvalue weighted by atomic mass is 35.5. The molecule has 0 spiro atoms. The van der Waals surface area contributed by atoms with Crippen LogP contribution in [-0.2, 0) is 6.42 Å². The standard InChI is InChI=1S/C13H12Cl2FNS/c1-17-12(7-9-3-5-13(15)18-9)10-6-8(14)2-4-11(10)16/h2-6,12,17H,7H2,1H3. The number of hydrogen-bond acceptors (Lipinski definition) is 2. The lowest BCUT2D eigenvalue weighted by atomic mass is 10.0. The molecule has 0 aliphatic heterocycles. The van der Waals surface area contributed by atoms with E-state index >= 15 is 0 Å². The summed E-state index contributed by atoms with van der Waals surface area (Å²) in [4.78, 5) is 1.11. The van der Waals surface area contributed by atoms with Crippen LogP contribution in [0.2, 0.25) is 9.36 Å². The summed E-state index contributed by atoms with van der Waals surface area (Å²) in [7, 11) is 1.81. The van der Waals surface area contributed by atoms with Crippen molar-refractivity contribution in [2.75, 3.05) is 7.05 Å². The number of likely N-dealkylation sites (N-methyl/N-ethyl adjacent to an activating group) is 1. The Morgan fingerprint density at radius 1 is 1.28 bits per heavy atom. The molecule has 0 saturated heterocycles. The zero-order valence-electron chi connectivity index (χ0n) is 9.71. The molecule has 0 amide bonds. The molecule has 1 atom stereocenters. The molecule has 1 unspecified atom stereocenters. The minimum absolute atomic E-state index is 0.113. The summed E-state index contributed by atoms with van der Waals surface area (Å²) in [6, 6.07) is 8.30. The topological polar surface area (TPSA) is 12.0 Å². The Labute approximate surface area is 120 Å². The molecule has 0 aliphatic rings. The van der Waals surface area contributed by atoms with Gasteiger partial charge in [0.2, 0.25) is 0 Å². The molecule has 1 N–H and O–H groups in total. The summed E-state index contributed by atoms with van der Waals surface area (Å²) < 4.78 is 14.5. The van der Waals surface area contributed by atoms with Crippen molar-refractivity contribution in [3.63, 3.8) is 0 Å². The van der Waals surface area contributed by atoms with Gasteiger partial charge in [0.1, 0.15) is 5.82 Å². The van der Waals surface area contributed by atoms with Crippen LogP contribution < -0.4 is 5.32 Å². The van der Waals surface area contributed by atoms with E-state index in [0.717, 1.165) is 9.21 Å². The SMILES string of the molecule is CNC(Cc1ccc(Cl)s1)c1cc(Cl)ccc1F. The van der Waals surface area contributed by atoms with Gasteiger partial charge in [-0.1, -0.05) is 23.2 Å². The Morgan fingerprint density at radius 2 is 2.06 bits per heavy atom. The number of benzene rings is 1. The van der Waals surface area contributed by atoms with Crippen LogP contribution in [0.15, 0.2) is 30.3 Å². The fourth-order valence-electron chi connectivity index (χ4n) is 1.81. The molecule has 0 bridgehead atoms. The zero-order chi connectivity index (χ0) is 13.1. The van der Waals surface area contributed by atoms with Crippen LogP contribution in [0.25, 0.3) is 0 Å². The predicted molar refractivity (Wildman–Crippen MR) is 76.2 cm³/mol. The molecule has 1 heterocycles. The summed E-state index contributed by atoms with van der Waals surface area (Å²) in [5.41, 5.74) is 0.578. The number of halogens is 3. The van der Waals surface area contributed by atoms with Gasteiger partial charge in [-0.15, -0.1) is 11.3 Å². The average molecular weight is 304 g/mol. The molecule has 5 heteroatoms. The molecular weight excluding hydrogens is 292 g/mol. The minimum atomic E-state index is -0.249. The van der Waals surface area contributed by atoms with E-state index in [1.807, 2.05) is 12.1 Å². The van der Waals surface area contributed by atoms with Crippen LogP contribution in [0, 0.1) is 5.82 Å². The highest BCUT2D eigenvalue weighted by Gasteiger charge is 2.16. The smallest absolute Gasteiger partial charge is 0.128 e. The maximum Gasteiger partial charge on any atom is 0.128 e. The van der Waals surface area contributed by atoms with Crippen LogP contribution in [0.3, 0.4) is 0 Å². The lowest BCUT2D eigenvalue weighted by molar-refractivity contribution is 0.536. The molecule has 0 fully saturated rings. The predicted octanol–water partition coefficient (Wildman–Crippen LogP) is 4.70. The third-order valence-corrected chi connectivity index (χ3v) is 4.20. The third kappa shape index (κ3) is 3.23. The molecule has 2 aromatic rings. The first kappa shape index (κ1) is 13.8. The van der Waals surface area contributed by atoms with E-state index in [1.54, 1.807) is 19.2 Å². The fourth-order valence-corrected chi connectivity index (χ4v) is 3.13. The van der Waals surface area contributed by atoms with Gasteiger partial charge < -0.3 is 5.32 Å². The van der Waals surface area contributed by atoms with Crippen molar-refractivity contribution in [3.8, 4) is 0 Å². The van der Waals surface area contributed by atoms with E-state index in [0.29, 0.717) is 17.0 Å². The van der Waals surface area contributed by atoms with E-state index in [2.05, 4.69) is 5.32 Å². The van der Waals surface area contributed by atoms with Crippen LogP contribution in [0.5, 0.6) is 0 Å². The normalized spacial score (nSPS) is 12.7. The van der Waals surface area contributed by atoms with Crippen molar-refractivity contribution >= 4 is 34.5 Å². The molecule has 1 aromatic heterocycles. The molecule has 96 valence electrons. The second kappa shape index (κ2) is 6.02. The zero-order valence-corrected chi connectivity index (χ0v) is 12.0. The van der Waals surface area contributed by atoms with Gasteiger partial charge in [-0.2, -0.15) is 0 Å². The second-order valence-electron chi connectivity index (χ2n) is 3.92. The summed E-state index contributed by atoms with van der Waals surface area (Å²) in [5.74, 6) is -0.249. The average Bonchev–Trinajstić information content (AvgIpc) is 2.75. The van der Waals surface area contributed by atoms with Gasteiger partial charge in [0, 0.05) is 27.9 Å². The molecular formula is C13H12Cl2FNS. The number of rotatable bonds is 4. The van der Waals surface area contributed by atoms with Gasteiger partial charge in [0.05, 0.1) is 4.34 Å². The van der Waals surface area contributed by atoms with Gasteiger partial charge in [-0.05, 0) is 37.4 Å². The molecule has 0 aliphatic carbocycles. The Kier molecular flexibility index (Phi) is 4.62. The third-order valence-electron chi connectivity index (χ3n) is 2.72. The van der Waals surface area contributed by atoms with Crippen molar-refractivity contribution in [3.05, 3.63) is 55.9 Å². The maximum atomic E-state index is 13.8. The van der Waals surface area contributed by atoms with Crippen molar-refractivity contribution in [1.29, 1.82) is 0 Å². The lowest BCUT2D eigenvalue weighted by Gasteiger charge is -2.16. The van der Waals surface area contributed by atoms with Crippen LogP contribution in [-0.4, -0.2) is 7.05 Å². The molecule has 1 nitrogen and oxygen atoms in total. The maximum absolute atomic E-state index is 13.8. The summed E-state index contributed by atoms with van der Waals surface area (Å²) in [6.45, 7) is 0. The number of nitrogens with one attached hydrogen (secondary N) is 1. The van der Waals surface area contributed by atoms with Gasteiger partial charge in [0.25, 0.3) is 0 Å². The van der Waals surface area contributed by atoms with E-state index in [-0.39, 0.29) is 11.9 Å². The van der Waals surface area contributed by atoms with Crippen LogP contribution >= 0.6 is 34.5 Å². The van der Waals surface area contributed by atoms with Gasteiger partial charge >= 0.3 is 0 Å². The van der Waals surface area contributed by atoms with E-state index < -0.39 is 0 Å². The first-order valence-corrected chi connectivity index (χ1v) is 7.04. The Balaban J connectivity index is 2.25. The van der Waals surface area contributed by atoms with Gasteiger partial charge in [0.15, 0.2) is 0 Å². The Hall–Kier alpha value is -0.610. The van der Waals surface area contributed by atoms with Gasteiger partial charge in [-0.3, -0.25) is 0 Å². The van der Waals surface area contributed by atoms with Crippen molar-refractivity contribution < 1.29 is 4.39 Å². The quantitative estimate of drug-likeness (QED) is 0.863. The molecule has 2 rings (SSSR count). The molecule has 18 heavy (non-hydrogen) atoms. The largest absolute Gasteiger partial charge is 0.313 e. The van der Waals surface area contributed by atoms with E-state index in [1.165, 1.54) is 17.4 Å². The lowest BCUT2D eigenvalue weighted by Crippen LogP contribution is -2.19. The highest BCUT2D eigenvalue weighted by Crippen LogP contribution is 2.28. The monoisotopic (exact) mass is 303 g/mol. The van der Waals surface area contributed by atoms with Crippen molar-refractivity contribution in [2.24, 2.45) is 0 Å². The second-order valence-corrected chi connectivity index (χ2v) is 6.15. The van der Waals surface area contributed by atoms with Gasteiger partial charge in [-0.25, -0.2) is 4.39 Å². The summed E-state index contributed by atoms with van der Waals surface area (Å²) >= 11 is 13.3. The van der Waals surface area contributed by atoms with Crippen LogP contribution in [0.4, 0.5) is 4.39 Å². The summed E-state index contributed by atoms with van der Waals surface area (Å²) in [5, 5.41) is 3.65. The number of thiophene rings is 1. The van der Waals surface area contributed by atoms with E-state index in [9.17, 15) is 4.39 Å². The highest BCUT2D eigenvalue weighted by molar-refractivity contribution is 7.16. The molecule has 0 radical (unpaired) electrons. The molecule has 0 saturated carbocycles.